The molecule has 2 heterocycles. The van der Waals surface area contributed by atoms with Crippen molar-refractivity contribution in [2.24, 2.45) is 0 Å². The van der Waals surface area contributed by atoms with Gasteiger partial charge in [0, 0.05) is 24.1 Å². The van der Waals surface area contributed by atoms with Crippen LogP contribution >= 0.6 is 11.8 Å². The second-order valence-electron chi connectivity index (χ2n) is 7.31. The molecule has 0 aliphatic rings. The first-order chi connectivity index (χ1) is 15.0. The lowest BCUT2D eigenvalue weighted by molar-refractivity contribution is 0.0931. The van der Waals surface area contributed by atoms with Gasteiger partial charge in [-0.3, -0.25) is 9.69 Å². The maximum atomic E-state index is 13.1. The molecule has 1 unspecified atom stereocenters. The van der Waals surface area contributed by atoms with E-state index in [1.54, 1.807) is 12.3 Å². The van der Waals surface area contributed by atoms with Gasteiger partial charge in [-0.15, -0.1) is 11.8 Å². The minimum Gasteiger partial charge on any atom is -0.361 e. The Balaban J connectivity index is 1.72. The Labute approximate surface area is 188 Å². The lowest BCUT2D eigenvalue weighted by atomic mass is 10.0. The van der Waals surface area contributed by atoms with Crippen molar-refractivity contribution in [3.63, 3.8) is 0 Å². The molecule has 0 saturated heterocycles. The van der Waals surface area contributed by atoms with Crippen molar-refractivity contribution in [3.05, 3.63) is 76.8 Å². The molecule has 164 valence electrons. The number of hydrogen-bond acceptors (Lipinski definition) is 6. The molecule has 1 N–H and O–H groups in total. The van der Waals surface area contributed by atoms with Crippen LogP contribution in [0.1, 0.15) is 52.8 Å². The number of hydrogen-bond donors (Lipinski definition) is 1. The lowest BCUT2D eigenvalue weighted by Gasteiger charge is -2.30. The first-order valence-electron chi connectivity index (χ1n) is 10.6. The quantitative estimate of drug-likeness (QED) is 0.459. The van der Waals surface area contributed by atoms with E-state index in [9.17, 15) is 4.79 Å². The average molecular weight is 439 g/mol. The topological polar surface area (TPSA) is 71.3 Å². The van der Waals surface area contributed by atoms with Crippen LogP contribution in [0.15, 0.2) is 58.2 Å². The molecule has 0 radical (unpaired) electrons. The molecule has 0 spiro atoms. The summed E-state index contributed by atoms with van der Waals surface area (Å²) >= 11 is 1.53. The monoisotopic (exact) mass is 438 g/mol. The van der Waals surface area contributed by atoms with Crippen LogP contribution in [0, 0.1) is 13.8 Å². The molecule has 31 heavy (non-hydrogen) atoms. The summed E-state index contributed by atoms with van der Waals surface area (Å²) in [5, 5.41) is 7.85. The lowest BCUT2D eigenvalue weighted by Crippen LogP contribution is -2.38. The summed E-state index contributed by atoms with van der Waals surface area (Å²) in [6.45, 7) is 10.5. The van der Waals surface area contributed by atoms with Crippen LogP contribution in [-0.4, -0.2) is 40.6 Å². The first-order valence-corrected chi connectivity index (χ1v) is 11.6. The number of likely N-dealkylation sites (N-methyl/N-ethyl adjacent to an activating group) is 1. The number of nitrogens with zero attached hydrogens (tertiary/aromatic N) is 3. The minimum atomic E-state index is -0.109. The van der Waals surface area contributed by atoms with E-state index in [1.807, 2.05) is 38.1 Å². The van der Waals surface area contributed by atoms with Crippen molar-refractivity contribution >= 4 is 17.7 Å². The largest absolute Gasteiger partial charge is 0.361 e. The van der Waals surface area contributed by atoms with E-state index in [4.69, 9.17) is 4.52 Å². The maximum Gasteiger partial charge on any atom is 0.254 e. The first kappa shape index (κ1) is 23.0. The maximum absolute atomic E-state index is 13.1. The van der Waals surface area contributed by atoms with Gasteiger partial charge in [-0.05, 0) is 44.6 Å². The van der Waals surface area contributed by atoms with E-state index in [2.05, 4.69) is 46.3 Å². The third-order valence-corrected chi connectivity index (χ3v) is 6.48. The number of nitrogens with one attached hydrogen (secondary N) is 1. The average Bonchev–Trinajstić information content (AvgIpc) is 3.13. The molecule has 0 aliphatic heterocycles. The van der Waals surface area contributed by atoms with Gasteiger partial charge >= 0.3 is 0 Å². The Bertz CT molecular complexity index is 967. The smallest absolute Gasteiger partial charge is 0.254 e. The van der Waals surface area contributed by atoms with E-state index >= 15 is 0 Å². The zero-order valence-corrected chi connectivity index (χ0v) is 19.4. The summed E-state index contributed by atoms with van der Waals surface area (Å²) in [5.41, 5.74) is 3.71. The van der Waals surface area contributed by atoms with Gasteiger partial charge in [0.15, 0.2) is 0 Å². The highest BCUT2D eigenvalue weighted by Gasteiger charge is 2.21. The standard InChI is InChI=1S/C24H30N4O2S/c1-5-28(6-2)22(19-11-8-7-9-12-19)15-26-23(29)20-13-10-14-25-24(20)31-16-21-17(3)27-30-18(21)4/h7-14,22H,5-6,15-16H2,1-4H3,(H,26,29). The third-order valence-electron chi connectivity index (χ3n) is 5.44. The summed E-state index contributed by atoms with van der Waals surface area (Å²) in [5.74, 6) is 1.35. The number of carbonyl (C=O) groups excluding carboxylic acids is 1. The number of aromatic nitrogens is 2. The molecule has 3 aromatic rings. The minimum absolute atomic E-state index is 0.109. The second kappa shape index (κ2) is 11.1. The van der Waals surface area contributed by atoms with Crippen LogP contribution in [0.4, 0.5) is 0 Å². The van der Waals surface area contributed by atoms with Crippen molar-refractivity contribution in [3.8, 4) is 0 Å². The molecular weight excluding hydrogens is 408 g/mol. The van der Waals surface area contributed by atoms with Gasteiger partial charge in [0.25, 0.3) is 5.91 Å². The summed E-state index contributed by atoms with van der Waals surface area (Å²) in [6, 6.07) is 14.1. The molecule has 0 bridgehead atoms. The van der Waals surface area contributed by atoms with Crippen molar-refractivity contribution in [2.75, 3.05) is 19.6 Å². The molecule has 0 fully saturated rings. The fourth-order valence-corrected chi connectivity index (χ4v) is 4.75. The normalized spacial score (nSPS) is 12.2. The number of thioether (sulfide) groups is 1. The fraction of sp³-hybridized carbons (Fsp3) is 0.375. The van der Waals surface area contributed by atoms with E-state index in [0.29, 0.717) is 22.9 Å². The Kier molecular flexibility index (Phi) is 8.26. The molecular formula is C24H30N4O2S. The van der Waals surface area contributed by atoms with Crippen molar-refractivity contribution in [1.82, 2.24) is 20.4 Å². The number of aryl methyl sites for hydroxylation is 2. The SMILES string of the molecule is CCN(CC)C(CNC(=O)c1cccnc1SCc1c(C)noc1C)c1ccccc1. The Hall–Kier alpha value is -2.64. The zero-order chi connectivity index (χ0) is 22.2. The molecule has 2 aromatic heterocycles. The second-order valence-corrected chi connectivity index (χ2v) is 8.27. The van der Waals surface area contributed by atoms with E-state index in [0.717, 1.165) is 30.1 Å². The van der Waals surface area contributed by atoms with Gasteiger partial charge in [-0.2, -0.15) is 0 Å². The van der Waals surface area contributed by atoms with Gasteiger partial charge in [0.2, 0.25) is 0 Å². The number of carbonyl (C=O) groups is 1. The van der Waals surface area contributed by atoms with Gasteiger partial charge < -0.3 is 9.84 Å². The Morgan fingerprint density at radius 3 is 2.52 bits per heavy atom. The van der Waals surface area contributed by atoms with Crippen LogP contribution in [0.2, 0.25) is 0 Å². The predicted molar refractivity (Wildman–Crippen MR) is 124 cm³/mol. The molecule has 7 heteroatoms. The zero-order valence-electron chi connectivity index (χ0n) is 18.6. The Morgan fingerprint density at radius 1 is 1.13 bits per heavy atom. The van der Waals surface area contributed by atoms with Crippen LogP contribution in [-0.2, 0) is 5.75 Å². The number of rotatable bonds is 10. The highest BCUT2D eigenvalue weighted by atomic mass is 32.2. The molecule has 0 aliphatic carbocycles. The molecule has 1 atom stereocenters. The molecule has 0 saturated carbocycles. The van der Waals surface area contributed by atoms with Gasteiger partial charge in [-0.1, -0.05) is 49.3 Å². The van der Waals surface area contributed by atoms with Crippen LogP contribution in [0.5, 0.6) is 0 Å². The number of pyridine rings is 1. The van der Waals surface area contributed by atoms with Crippen LogP contribution in [0.25, 0.3) is 0 Å². The number of benzene rings is 1. The molecule has 1 amide bonds. The Morgan fingerprint density at radius 2 is 1.87 bits per heavy atom. The third kappa shape index (κ3) is 5.74. The predicted octanol–water partition coefficient (Wildman–Crippen LogP) is 4.79. The van der Waals surface area contributed by atoms with E-state index in [1.165, 1.54) is 17.3 Å². The summed E-state index contributed by atoms with van der Waals surface area (Å²) in [4.78, 5) is 19.9. The molecule has 1 aromatic carbocycles. The van der Waals surface area contributed by atoms with E-state index < -0.39 is 0 Å². The molecule has 3 rings (SSSR count). The van der Waals surface area contributed by atoms with Crippen molar-refractivity contribution in [1.29, 1.82) is 0 Å². The fourth-order valence-electron chi connectivity index (χ4n) is 3.61. The van der Waals surface area contributed by atoms with E-state index in [-0.39, 0.29) is 11.9 Å². The summed E-state index contributed by atoms with van der Waals surface area (Å²) in [7, 11) is 0. The molecule has 6 nitrogen and oxygen atoms in total. The van der Waals surface area contributed by atoms with Gasteiger partial charge in [-0.25, -0.2) is 4.98 Å². The van der Waals surface area contributed by atoms with Gasteiger partial charge in [0.05, 0.1) is 17.3 Å². The highest BCUT2D eigenvalue weighted by Crippen LogP contribution is 2.27. The number of amides is 1. The van der Waals surface area contributed by atoms with Crippen molar-refractivity contribution in [2.45, 2.75) is 44.5 Å². The van der Waals surface area contributed by atoms with Crippen LogP contribution in [0.3, 0.4) is 0 Å². The van der Waals surface area contributed by atoms with Crippen molar-refractivity contribution < 1.29 is 9.32 Å². The summed E-state index contributed by atoms with van der Waals surface area (Å²) in [6.07, 6.45) is 1.72. The van der Waals surface area contributed by atoms with Gasteiger partial charge in [0.1, 0.15) is 10.8 Å². The van der Waals surface area contributed by atoms with Crippen LogP contribution < -0.4 is 5.32 Å². The summed E-state index contributed by atoms with van der Waals surface area (Å²) < 4.78 is 5.24. The highest BCUT2D eigenvalue weighted by molar-refractivity contribution is 7.98.